The zero-order valence-corrected chi connectivity index (χ0v) is 23.8. The minimum absolute atomic E-state index is 0.167. The molecule has 8 rings (SSSR count). The highest BCUT2D eigenvalue weighted by Gasteiger charge is 2.15. The van der Waals surface area contributed by atoms with Crippen LogP contribution in [0.15, 0.2) is 146 Å². The molecule has 0 atom stereocenters. The second-order valence-corrected chi connectivity index (χ2v) is 11.0. The second kappa shape index (κ2) is 10.5. The molecule has 0 N–H and O–H groups in total. The fourth-order valence-corrected chi connectivity index (χ4v) is 6.08. The maximum absolute atomic E-state index is 6.55. The van der Waals surface area contributed by atoms with Crippen molar-refractivity contribution in [2.75, 3.05) is 0 Å². The molecule has 0 amide bonds. The lowest BCUT2D eigenvalue weighted by Crippen LogP contribution is -1.98. The summed E-state index contributed by atoms with van der Waals surface area (Å²) < 4.78 is 0. The molecular formula is C39H24ClN3. The van der Waals surface area contributed by atoms with Gasteiger partial charge in [-0.15, -0.1) is 0 Å². The van der Waals surface area contributed by atoms with Crippen molar-refractivity contribution in [1.82, 2.24) is 15.0 Å². The van der Waals surface area contributed by atoms with Crippen LogP contribution in [0.4, 0.5) is 0 Å². The number of hydrogen-bond acceptors (Lipinski definition) is 3. The quantitative estimate of drug-likeness (QED) is 0.211. The van der Waals surface area contributed by atoms with Crippen molar-refractivity contribution < 1.29 is 0 Å². The van der Waals surface area contributed by atoms with Crippen molar-refractivity contribution in [3.05, 3.63) is 151 Å². The lowest BCUT2D eigenvalue weighted by atomic mass is 9.95. The Hall–Kier alpha value is -5.38. The largest absolute Gasteiger partial charge is 0.226 e. The molecule has 1 aromatic heterocycles. The minimum atomic E-state index is 0.167. The van der Waals surface area contributed by atoms with Gasteiger partial charge in [-0.05, 0) is 90.4 Å². The first-order valence-electron chi connectivity index (χ1n) is 14.2. The Morgan fingerprint density at radius 1 is 0.349 bits per heavy atom. The third-order valence-corrected chi connectivity index (χ3v) is 8.19. The maximum atomic E-state index is 6.55. The Bertz CT molecular complexity index is 2310. The van der Waals surface area contributed by atoms with E-state index in [1.807, 2.05) is 30.3 Å². The predicted octanol–water partition coefficient (Wildman–Crippen LogP) is 10.7. The first-order valence-corrected chi connectivity index (χ1v) is 14.6. The summed E-state index contributed by atoms with van der Waals surface area (Å²) >= 11 is 6.55. The number of rotatable bonds is 4. The van der Waals surface area contributed by atoms with Crippen LogP contribution in [0, 0.1) is 0 Å². The molecule has 43 heavy (non-hydrogen) atoms. The number of nitrogens with zero attached hydrogens (tertiary/aromatic N) is 3. The second-order valence-electron chi connectivity index (χ2n) is 10.7. The maximum Gasteiger partial charge on any atom is 0.226 e. The molecule has 0 saturated carbocycles. The Kier molecular flexibility index (Phi) is 6.17. The first kappa shape index (κ1) is 25.3. The highest BCUT2D eigenvalue weighted by Crippen LogP contribution is 2.35. The highest BCUT2D eigenvalue weighted by molar-refractivity contribution is 6.28. The fourth-order valence-electron chi connectivity index (χ4n) is 5.92. The number of benzene rings is 7. The summed E-state index contributed by atoms with van der Waals surface area (Å²) in [4.78, 5) is 14.1. The summed E-state index contributed by atoms with van der Waals surface area (Å²) in [7, 11) is 0. The van der Waals surface area contributed by atoms with Gasteiger partial charge in [-0.25, -0.2) is 4.98 Å². The van der Waals surface area contributed by atoms with Crippen LogP contribution < -0.4 is 0 Å². The summed E-state index contributed by atoms with van der Waals surface area (Å²) in [6.07, 6.45) is 0. The number of hydrogen-bond donors (Lipinski definition) is 0. The molecule has 0 fully saturated rings. The van der Waals surface area contributed by atoms with Gasteiger partial charge in [0.1, 0.15) is 0 Å². The van der Waals surface area contributed by atoms with Gasteiger partial charge in [0, 0.05) is 11.1 Å². The molecule has 0 radical (unpaired) electrons. The Morgan fingerprint density at radius 2 is 0.953 bits per heavy atom. The molecule has 202 valence electrons. The molecule has 0 spiro atoms. The Balaban J connectivity index is 1.22. The lowest BCUT2D eigenvalue weighted by Gasteiger charge is -2.12. The minimum Gasteiger partial charge on any atom is -0.208 e. The monoisotopic (exact) mass is 569 g/mol. The van der Waals surface area contributed by atoms with Crippen molar-refractivity contribution in [1.29, 1.82) is 0 Å². The van der Waals surface area contributed by atoms with Gasteiger partial charge in [0.05, 0.1) is 0 Å². The van der Waals surface area contributed by atoms with E-state index in [0.29, 0.717) is 11.6 Å². The van der Waals surface area contributed by atoms with Crippen LogP contribution in [-0.2, 0) is 0 Å². The van der Waals surface area contributed by atoms with Crippen LogP contribution >= 0.6 is 11.6 Å². The molecular weight excluding hydrogens is 546 g/mol. The number of aromatic nitrogens is 3. The Morgan fingerprint density at radius 3 is 1.77 bits per heavy atom. The van der Waals surface area contributed by atoms with Gasteiger partial charge in [0.15, 0.2) is 11.6 Å². The summed E-state index contributed by atoms with van der Waals surface area (Å²) in [5.41, 5.74) is 6.45. The molecule has 1 heterocycles. The molecule has 4 heteroatoms. The smallest absolute Gasteiger partial charge is 0.208 e. The van der Waals surface area contributed by atoms with E-state index >= 15 is 0 Å². The standard InChI is InChI=1S/C39H24ClN3/c40-39-42-37(41-38(43-39)36-24-32(25-9-2-1-3-10-25)23-29-12-5-7-15-35(29)36)31-20-18-27-21-30(19-17-28(27)22-31)34-16-8-13-26-11-4-6-14-33(26)34/h1-24H. The predicted molar refractivity (Wildman–Crippen MR) is 179 cm³/mol. The van der Waals surface area contributed by atoms with Crippen molar-refractivity contribution in [3.63, 3.8) is 0 Å². The van der Waals surface area contributed by atoms with Crippen LogP contribution in [0.2, 0.25) is 5.28 Å². The zero-order valence-electron chi connectivity index (χ0n) is 23.1. The van der Waals surface area contributed by atoms with E-state index in [2.05, 4.69) is 125 Å². The van der Waals surface area contributed by atoms with Crippen LogP contribution in [0.25, 0.3) is 77.3 Å². The van der Waals surface area contributed by atoms with Crippen molar-refractivity contribution >= 4 is 43.9 Å². The molecule has 0 unspecified atom stereocenters. The fraction of sp³-hybridized carbons (Fsp3) is 0. The molecule has 0 saturated heterocycles. The zero-order chi connectivity index (χ0) is 28.8. The molecule has 0 aliphatic heterocycles. The van der Waals surface area contributed by atoms with Crippen LogP contribution in [0.5, 0.6) is 0 Å². The van der Waals surface area contributed by atoms with Crippen molar-refractivity contribution in [2.45, 2.75) is 0 Å². The summed E-state index contributed by atoms with van der Waals surface area (Å²) in [6.45, 7) is 0. The number of halogens is 1. The van der Waals surface area contributed by atoms with E-state index < -0.39 is 0 Å². The van der Waals surface area contributed by atoms with Gasteiger partial charge >= 0.3 is 0 Å². The highest BCUT2D eigenvalue weighted by atomic mass is 35.5. The number of fused-ring (bicyclic) bond motifs is 3. The van der Waals surface area contributed by atoms with E-state index in [4.69, 9.17) is 16.6 Å². The van der Waals surface area contributed by atoms with E-state index in [1.165, 1.54) is 21.9 Å². The van der Waals surface area contributed by atoms with Crippen molar-refractivity contribution in [2.24, 2.45) is 0 Å². The van der Waals surface area contributed by atoms with E-state index in [1.54, 1.807) is 0 Å². The van der Waals surface area contributed by atoms with Crippen LogP contribution in [0.3, 0.4) is 0 Å². The van der Waals surface area contributed by atoms with Gasteiger partial charge in [-0.1, -0.05) is 121 Å². The molecule has 8 aromatic rings. The summed E-state index contributed by atoms with van der Waals surface area (Å²) in [6, 6.07) is 50.8. The van der Waals surface area contributed by atoms with Gasteiger partial charge in [0.2, 0.25) is 5.28 Å². The first-order chi connectivity index (χ1) is 21.2. The van der Waals surface area contributed by atoms with Crippen molar-refractivity contribution in [3.8, 4) is 45.0 Å². The Labute approximate surface area is 254 Å². The molecule has 3 nitrogen and oxygen atoms in total. The van der Waals surface area contributed by atoms with Gasteiger partial charge < -0.3 is 0 Å². The third kappa shape index (κ3) is 4.70. The third-order valence-electron chi connectivity index (χ3n) is 8.02. The van der Waals surface area contributed by atoms with E-state index in [-0.39, 0.29) is 5.28 Å². The average Bonchev–Trinajstić information content (AvgIpc) is 3.07. The molecule has 0 aliphatic carbocycles. The van der Waals surface area contributed by atoms with E-state index in [0.717, 1.165) is 43.8 Å². The molecule has 7 aromatic carbocycles. The molecule has 0 aliphatic rings. The van der Waals surface area contributed by atoms with Crippen LogP contribution in [-0.4, -0.2) is 15.0 Å². The van der Waals surface area contributed by atoms with Gasteiger partial charge in [-0.2, -0.15) is 9.97 Å². The normalized spacial score (nSPS) is 11.4. The SMILES string of the molecule is Clc1nc(-c2ccc3cc(-c4cccc5ccccc45)ccc3c2)nc(-c2cc(-c3ccccc3)cc3ccccc23)n1. The van der Waals surface area contributed by atoms with E-state index in [9.17, 15) is 0 Å². The van der Waals surface area contributed by atoms with Gasteiger partial charge in [0.25, 0.3) is 0 Å². The van der Waals surface area contributed by atoms with Crippen LogP contribution in [0.1, 0.15) is 0 Å². The lowest BCUT2D eigenvalue weighted by molar-refractivity contribution is 1.07. The molecule has 0 bridgehead atoms. The average molecular weight is 570 g/mol. The van der Waals surface area contributed by atoms with Gasteiger partial charge in [-0.3, -0.25) is 0 Å². The summed E-state index contributed by atoms with van der Waals surface area (Å²) in [5.74, 6) is 1.10. The summed E-state index contributed by atoms with van der Waals surface area (Å²) in [5, 5.41) is 7.09. The topological polar surface area (TPSA) is 38.7 Å².